The second-order valence-corrected chi connectivity index (χ2v) is 10.8. The number of halogens is 1. The normalized spacial score (nSPS) is 15.4. The molecule has 0 spiro atoms. The average Bonchev–Trinajstić information content (AvgIpc) is 3.00. The van der Waals surface area contributed by atoms with E-state index in [2.05, 4.69) is 20.0 Å². The lowest BCUT2D eigenvalue weighted by molar-refractivity contribution is -0.120. The lowest BCUT2D eigenvalue weighted by Gasteiger charge is -2.29. The molecule has 1 atom stereocenters. The van der Waals surface area contributed by atoms with Crippen LogP contribution in [-0.2, 0) is 27.8 Å². The topological polar surface area (TPSA) is 121 Å². The Labute approximate surface area is 224 Å². The van der Waals surface area contributed by atoms with Crippen LogP contribution < -0.4 is 10.0 Å². The molecule has 0 radical (unpaired) electrons. The number of carbonyl (C=O) groups is 2. The Balaban J connectivity index is 1.44. The molecule has 0 saturated heterocycles. The predicted molar refractivity (Wildman–Crippen MR) is 143 cm³/mol. The predicted octanol–water partition coefficient (Wildman–Crippen LogP) is 4.14. The molecule has 2 amide bonds. The SMILES string of the molecule is O=C1Nc2cc(Cl)ccc2C(=O)N(Cc2ccc(S(=O)(=O)Nc3ccccn3)cc2)C1Cc1cccnc1. The highest BCUT2D eigenvalue weighted by atomic mass is 35.5. The number of rotatable bonds is 7. The van der Waals surface area contributed by atoms with E-state index in [-0.39, 0.29) is 35.5 Å². The summed E-state index contributed by atoms with van der Waals surface area (Å²) in [5.41, 5.74) is 2.09. The van der Waals surface area contributed by atoms with Gasteiger partial charge in [0.1, 0.15) is 11.9 Å². The Bertz CT molecular complexity index is 1580. The number of nitrogens with zero attached hydrogens (tertiary/aromatic N) is 3. The molecule has 9 nitrogen and oxygen atoms in total. The summed E-state index contributed by atoms with van der Waals surface area (Å²) in [6.07, 6.45) is 5.02. The van der Waals surface area contributed by atoms with Gasteiger partial charge >= 0.3 is 0 Å². The fourth-order valence-corrected chi connectivity index (χ4v) is 5.36. The zero-order chi connectivity index (χ0) is 26.7. The van der Waals surface area contributed by atoms with Crippen LogP contribution in [-0.4, -0.2) is 41.1 Å². The molecule has 0 bridgehead atoms. The van der Waals surface area contributed by atoms with E-state index in [4.69, 9.17) is 11.6 Å². The lowest BCUT2D eigenvalue weighted by atomic mass is 10.0. The molecule has 2 N–H and O–H groups in total. The van der Waals surface area contributed by atoms with Crippen LogP contribution in [0.25, 0.3) is 0 Å². The van der Waals surface area contributed by atoms with Gasteiger partial charge < -0.3 is 10.2 Å². The number of nitrogens with one attached hydrogen (secondary N) is 2. The van der Waals surface area contributed by atoms with Gasteiger partial charge in [0.2, 0.25) is 5.91 Å². The maximum atomic E-state index is 13.7. The first kappa shape index (κ1) is 25.4. The number of pyridine rings is 2. The van der Waals surface area contributed by atoms with Gasteiger partial charge in [0.15, 0.2) is 0 Å². The first-order valence-electron chi connectivity index (χ1n) is 11.6. The maximum Gasteiger partial charge on any atom is 0.263 e. The van der Waals surface area contributed by atoms with Gasteiger partial charge in [-0.2, -0.15) is 0 Å². The van der Waals surface area contributed by atoms with Gasteiger partial charge in [-0.1, -0.05) is 35.9 Å². The van der Waals surface area contributed by atoms with Crippen molar-refractivity contribution in [1.82, 2.24) is 14.9 Å². The van der Waals surface area contributed by atoms with Crippen molar-refractivity contribution in [1.29, 1.82) is 0 Å². The van der Waals surface area contributed by atoms with E-state index in [0.29, 0.717) is 21.8 Å². The van der Waals surface area contributed by atoms with Gasteiger partial charge in [-0.3, -0.25) is 19.3 Å². The maximum absolute atomic E-state index is 13.7. The van der Waals surface area contributed by atoms with Crippen molar-refractivity contribution in [2.75, 3.05) is 10.0 Å². The van der Waals surface area contributed by atoms with Crippen molar-refractivity contribution in [2.45, 2.75) is 23.9 Å². The van der Waals surface area contributed by atoms with Crippen molar-refractivity contribution < 1.29 is 18.0 Å². The van der Waals surface area contributed by atoms with Crippen LogP contribution in [0.4, 0.5) is 11.5 Å². The van der Waals surface area contributed by atoms with Crippen molar-refractivity contribution in [3.63, 3.8) is 0 Å². The van der Waals surface area contributed by atoms with Crippen molar-refractivity contribution in [2.24, 2.45) is 0 Å². The number of anilines is 2. The summed E-state index contributed by atoms with van der Waals surface area (Å²) in [6.45, 7) is 0.0766. The molecule has 0 aliphatic carbocycles. The Morgan fingerprint density at radius 1 is 0.947 bits per heavy atom. The minimum atomic E-state index is -3.86. The molecule has 0 fully saturated rings. The van der Waals surface area contributed by atoms with Crippen LogP contribution in [0.5, 0.6) is 0 Å². The third-order valence-electron chi connectivity index (χ3n) is 6.05. The van der Waals surface area contributed by atoms with Gasteiger partial charge in [0.25, 0.3) is 15.9 Å². The Hall–Kier alpha value is -4.28. The smallest absolute Gasteiger partial charge is 0.263 e. The molecule has 38 heavy (non-hydrogen) atoms. The number of aromatic nitrogens is 2. The van der Waals surface area contributed by atoms with E-state index in [1.54, 1.807) is 67.0 Å². The van der Waals surface area contributed by atoms with Gasteiger partial charge in [-0.15, -0.1) is 0 Å². The molecule has 4 aromatic rings. The second-order valence-electron chi connectivity index (χ2n) is 8.66. The van der Waals surface area contributed by atoms with E-state index in [1.807, 2.05) is 6.07 Å². The first-order chi connectivity index (χ1) is 18.3. The molecular weight excluding hydrogens is 526 g/mol. The van der Waals surface area contributed by atoms with Gasteiger partial charge in [-0.05, 0) is 59.7 Å². The highest BCUT2D eigenvalue weighted by Crippen LogP contribution is 2.29. The molecule has 2 aromatic heterocycles. The van der Waals surface area contributed by atoms with Crippen LogP contribution in [0.2, 0.25) is 5.02 Å². The summed E-state index contributed by atoms with van der Waals surface area (Å²) < 4.78 is 28.0. The fraction of sp³-hybridized carbons (Fsp3) is 0.111. The van der Waals surface area contributed by atoms with E-state index < -0.39 is 16.1 Å². The largest absolute Gasteiger partial charge is 0.323 e. The lowest BCUT2D eigenvalue weighted by Crippen LogP contribution is -2.46. The second kappa shape index (κ2) is 10.6. The minimum Gasteiger partial charge on any atom is -0.323 e. The third kappa shape index (κ3) is 5.51. The summed E-state index contributed by atoms with van der Waals surface area (Å²) in [5.74, 6) is -0.505. The summed E-state index contributed by atoms with van der Waals surface area (Å²) in [7, 11) is -3.86. The molecule has 2 aromatic carbocycles. The summed E-state index contributed by atoms with van der Waals surface area (Å²) in [4.78, 5) is 36.7. The molecular formula is C27H22ClN5O4S. The van der Waals surface area contributed by atoms with Crippen LogP contribution in [0.1, 0.15) is 21.5 Å². The summed E-state index contributed by atoms with van der Waals surface area (Å²) in [5, 5.41) is 3.23. The average molecular weight is 548 g/mol. The molecule has 1 aliphatic rings. The standard InChI is InChI=1S/C27H22ClN5O4S/c28-20-8-11-22-23(15-20)31-26(34)24(14-19-4-3-12-29-16-19)33(27(22)35)17-18-6-9-21(10-7-18)38(36,37)32-25-5-1-2-13-30-25/h1-13,15-16,24H,14,17H2,(H,30,32)(H,31,34). The van der Waals surface area contributed by atoms with E-state index in [0.717, 1.165) is 5.56 Å². The highest BCUT2D eigenvalue weighted by molar-refractivity contribution is 7.92. The number of hydrogen-bond acceptors (Lipinski definition) is 6. The van der Waals surface area contributed by atoms with Crippen LogP contribution in [0, 0.1) is 0 Å². The van der Waals surface area contributed by atoms with E-state index in [9.17, 15) is 18.0 Å². The summed E-state index contributed by atoms with van der Waals surface area (Å²) >= 11 is 6.12. The van der Waals surface area contributed by atoms with Gasteiger partial charge in [0, 0.05) is 36.6 Å². The number of sulfonamides is 1. The molecule has 192 valence electrons. The molecule has 3 heterocycles. The van der Waals surface area contributed by atoms with Crippen LogP contribution in [0.3, 0.4) is 0 Å². The van der Waals surface area contributed by atoms with Crippen molar-refractivity contribution >= 4 is 44.9 Å². The third-order valence-corrected chi connectivity index (χ3v) is 7.66. The van der Waals surface area contributed by atoms with Crippen molar-refractivity contribution in [3.05, 3.63) is 113 Å². The van der Waals surface area contributed by atoms with E-state index in [1.165, 1.54) is 23.2 Å². The monoisotopic (exact) mass is 547 g/mol. The number of hydrogen-bond donors (Lipinski definition) is 2. The van der Waals surface area contributed by atoms with E-state index >= 15 is 0 Å². The number of carbonyl (C=O) groups excluding carboxylic acids is 2. The Morgan fingerprint density at radius 3 is 2.47 bits per heavy atom. The Kier molecular flexibility index (Phi) is 7.08. The molecule has 0 saturated carbocycles. The summed E-state index contributed by atoms with van der Waals surface area (Å²) in [6, 6.07) is 18.5. The van der Waals surface area contributed by atoms with Crippen molar-refractivity contribution in [3.8, 4) is 0 Å². The molecule has 5 rings (SSSR count). The minimum absolute atomic E-state index is 0.0405. The highest BCUT2D eigenvalue weighted by Gasteiger charge is 2.35. The van der Waals surface area contributed by atoms with Crippen LogP contribution in [0.15, 0.2) is 96.3 Å². The van der Waals surface area contributed by atoms with Gasteiger partial charge in [0.05, 0.1) is 16.1 Å². The zero-order valence-corrected chi connectivity index (χ0v) is 21.5. The Morgan fingerprint density at radius 2 is 1.76 bits per heavy atom. The molecule has 1 unspecified atom stereocenters. The molecule has 1 aliphatic heterocycles. The number of amides is 2. The number of fused-ring (bicyclic) bond motifs is 1. The van der Waals surface area contributed by atoms with Gasteiger partial charge in [-0.25, -0.2) is 13.4 Å². The van der Waals surface area contributed by atoms with Crippen LogP contribution >= 0.6 is 11.6 Å². The zero-order valence-electron chi connectivity index (χ0n) is 19.9. The molecule has 11 heteroatoms. The fourth-order valence-electron chi connectivity index (χ4n) is 4.18. The first-order valence-corrected chi connectivity index (χ1v) is 13.5. The quantitative estimate of drug-likeness (QED) is 0.359. The number of benzene rings is 2.